The van der Waals surface area contributed by atoms with Crippen LogP contribution in [-0.2, 0) is 24.2 Å². The monoisotopic (exact) mass is 336 g/mol. The molecule has 0 aliphatic rings. The van der Waals surface area contributed by atoms with E-state index in [1.807, 2.05) is 6.07 Å². The summed E-state index contributed by atoms with van der Waals surface area (Å²) in [5.41, 5.74) is 0. The van der Waals surface area contributed by atoms with Crippen molar-refractivity contribution in [2.24, 2.45) is 4.99 Å². The van der Waals surface area contributed by atoms with Gasteiger partial charge in [0.1, 0.15) is 12.2 Å². The lowest BCUT2D eigenvalue weighted by atomic mass is 10.4. The van der Waals surface area contributed by atoms with Crippen molar-refractivity contribution in [1.29, 1.82) is 0 Å². The molecule has 2 N–H and O–H groups in total. The summed E-state index contributed by atoms with van der Waals surface area (Å²) in [5, 5.41) is 16.7. The molecule has 0 aliphatic carbocycles. The van der Waals surface area contributed by atoms with Gasteiger partial charge < -0.3 is 19.9 Å². The van der Waals surface area contributed by atoms with Gasteiger partial charge in [-0.25, -0.2) is 4.99 Å². The van der Waals surface area contributed by atoms with Crippen molar-refractivity contribution in [3.05, 3.63) is 34.5 Å². The van der Waals surface area contributed by atoms with E-state index in [1.54, 1.807) is 24.8 Å². The number of rotatable bonds is 9. The van der Waals surface area contributed by atoms with Crippen molar-refractivity contribution in [2.75, 3.05) is 26.8 Å². The van der Waals surface area contributed by atoms with E-state index in [-0.39, 0.29) is 0 Å². The summed E-state index contributed by atoms with van der Waals surface area (Å²) < 4.78 is 7.13. The van der Waals surface area contributed by atoms with Crippen molar-refractivity contribution in [3.63, 3.8) is 0 Å². The van der Waals surface area contributed by atoms with E-state index in [9.17, 15) is 0 Å². The van der Waals surface area contributed by atoms with Crippen molar-refractivity contribution in [1.82, 2.24) is 25.4 Å². The molecule has 2 rings (SSSR count). The SMILES string of the molecule is CCc1nncn1CCNC(=NCc1cccs1)NCCOC. The summed E-state index contributed by atoms with van der Waals surface area (Å²) in [6.07, 6.45) is 2.65. The fraction of sp³-hybridized carbons (Fsp3) is 0.533. The van der Waals surface area contributed by atoms with Gasteiger partial charge in [-0.2, -0.15) is 0 Å². The van der Waals surface area contributed by atoms with E-state index in [0.717, 1.165) is 37.8 Å². The summed E-state index contributed by atoms with van der Waals surface area (Å²) in [6.45, 7) is 5.68. The van der Waals surface area contributed by atoms with Crippen LogP contribution >= 0.6 is 11.3 Å². The van der Waals surface area contributed by atoms with Gasteiger partial charge in [-0.05, 0) is 11.4 Å². The van der Waals surface area contributed by atoms with Gasteiger partial charge in [-0.15, -0.1) is 21.5 Å². The molecule has 0 spiro atoms. The molecule has 0 saturated heterocycles. The van der Waals surface area contributed by atoms with Crippen LogP contribution in [0.2, 0.25) is 0 Å². The van der Waals surface area contributed by atoms with Gasteiger partial charge in [0.15, 0.2) is 5.96 Å². The summed E-state index contributed by atoms with van der Waals surface area (Å²) in [7, 11) is 1.69. The third-order valence-corrected chi connectivity index (χ3v) is 4.09. The van der Waals surface area contributed by atoms with Gasteiger partial charge >= 0.3 is 0 Å². The van der Waals surface area contributed by atoms with Gasteiger partial charge in [0.05, 0.1) is 13.2 Å². The third-order valence-electron chi connectivity index (χ3n) is 3.23. The minimum Gasteiger partial charge on any atom is -0.383 e. The molecule has 2 aromatic heterocycles. The molecular weight excluding hydrogens is 312 g/mol. The zero-order valence-corrected chi connectivity index (χ0v) is 14.5. The van der Waals surface area contributed by atoms with Crippen LogP contribution in [0.15, 0.2) is 28.8 Å². The maximum Gasteiger partial charge on any atom is 0.191 e. The van der Waals surface area contributed by atoms with Crippen LogP contribution in [0.25, 0.3) is 0 Å². The second kappa shape index (κ2) is 9.96. The summed E-state index contributed by atoms with van der Waals surface area (Å²) in [4.78, 5) is 5.85. The fourth-order valence-electron chi connectivity index (χ4n) is 2.04. The number of aliphatic imine (C=N–C) groups is 1. The van der Waals surface area contributed by atoms with Crippen LogP contribution < -0.4 is 10.6 Å². The number of hydrogen-bond acceptors (Lipinski definition) is 5. The lowest BCUT2D eigenvalue weighted by Crippen LogP contribution is -2.40. The number of thiophene rings is 1. The van der Waals surface area contributed by atoms with E-state index in [4.69, 9.17) is 4.74 Å². The minimum absolute atomic E-state index is 0.644. The van der Waals surface area contributed by atoms with Crippen molar-refractivity contribution in [2.45, 2.75) is 26.4 Å². The molecule has 0 aromatic carbocycles. The molecule has 0 radical (unpaired) electrons. The van der Waals surface area contributed by atoms with Crippen molar-refractivity contribution < 1.29 is 4.74 Å². The molecule has 7 nitrogen and oxygen atoms in total. The number of ether oxygens (including phenoxy) is 1. The Morgan fingerprint density at radius 1 is 1.39 bits per heavy atom. The van der Waals surface area contributed by atoms with Crippen LogP contribution in [0, 0.1) is 0 Å². The molecule has 0 aliphatic heterocycles. The first-order valence-corrected chi connectivity index (χ1v) is 8.61. The lowest BCUT2D eigenvalue weighted by Gasteiger charge is -2.13. The predicted molar refractivity (Wildman–Crippen MR) is 92.7 cm³/mol. The molecule has 0 fully saturated rings. The second-order valence-electron chi connectivity index (χ2n) is 4.88. The molecule has 8 heteroatoms. The van der Waals surface area contributed by atoms with Crippen LogP contribution in [0.1, 0.15) is 17.6 Å². The molecule has 0 atom stereocenters. The maximum atomic E-state index is 5.07. The first kappa shape index (κ1) is 17.4. The van der Waals surface area contributed by atoms with Crippen LogP contribution in [0.4, 0.5) is 0 Å². The molecule has 2 aromatic rings. The Balaban J connectivity index is 1.84. The van der Waals surface area contributed by atoms with E-state index in [0.29, 0.717) is 13.2 Å². The number of nitrogens with one attached hydrogen (secondary N) is 2. The molecule has 0 saturated carbocycles. The van der Waals surface area contributed by atoms with Crippen LogP contribution in [-0.4, -0.2) is 47.5 Å². The number of guanidine groups is 1. The number of aromatic nitrogens is 3. The highest BCUT2D eigenvalue weighted by molar-refractivity contribution is 7.09. The van der Waals surface area contributed by atoms with Crippen LogP contribution in [0.5, 0.6) is 0 Å². The number of aryl methyl sites for hydroxylation is 1. The first-order chi connectivity index (χ1) is 11.3. The Hall–Kier alpha value is -1.93. The zero-order valence-electron chi connectivity index (χ0n) is 13.7. The normalized spacial score (nSPS) is 11.7. The molecule has 0 unspecified atom stereocenters. The summed E-state index contributed by atoms with van der Waals surface area (Å²) >= 11 is 1.71. The first-order valence-electron chi connectivity index (χ1n) is 7.73. The van der Waals surface area contributed by atoms with Gasteiger partial charge in [0.25, 0.3) is 0 Å². The highest BCUT2D eigenvalue weighted by Crippen LogP contribution is 2.09. The van der Waals surface area contributed by atoms with Crippen molar-refractivity contribution in [3.8, 4) is 0 Å². The smallest absolute Gasteiger partial charge is 0.191 e. The standard InChI is InChI=1S/C15H24N6OS/c1-3-14-20-19-12-21(14)8-6-16-15(17-7-9-22-2)18-11-13-5-4-10-23-13/h4-5,10,12H,3,6-9,11H2,1-2H3,(H2,16,17,18). The average molecular weight is 336 g/mol. The Labute approximate surface area is 140 Å². The summed E-state index contributed by atoms with van der Waals surface area (Å²) in [6, 6.07) is 4.13. The Morgan fingerprint density at radius 2 is 2.26 bits per heavy atom. The summed E-state index contributed by atoms with van der Waals surface area (Å²) in [5.74, 6) is 1.79. The van der Waals surface area contributed by atoms with Crippen LogP contribution in [0.3, 0.4) is 0 Å². The molecule has 0 bridgehead atoms. The average Bonchev–Trinajstić information content (AvgIpc) is 3.23. The highest BCUT2D eigenvalue weighted by Gasteiger charge is 2.03. The largest absolute Gasteiger partial charge is 0.383 e. The zero-order chi connectivity index (χ0) is 16.3. The Kier molecular flexibility index (Phi) is 7.55. The second-order valence-corrected chi connectivity index (χ2v) is 5.92. The third kappa shape index (κ3) is 5.99. The fourth-order valence-corrected chi connectivity index (χ4v) is 2.67. The van der Waals surface area contributed by atoms with E-state index in [1.165, 1.54) is 4.88 Å². The van der Waals surface area contributed by atoms with Gasteiger partial charge in [-0.3, -0.25) is 0 Å². The van der Waals surface area contributed by atoms with Crippen molar-refractivity contribution >= 4 is 17.3 Å². The van der Waals surface area contributed by atoms with Gasteiger partial charge in [0, 0.05) is 38.0 Å². The number of hydrogen-bond donors (Lipinski definition) is 2. The topological polar surface area (TPSA) is 76.4 Å². The highest BCUT2D eigenvalue weighted by atomic mass is 32.1. The lowest BCUT2D eigenvalue weighted by molar-refractivity contribution is 0.203. The maximum absolute atomic E-state index is 5.07. The molecule has 2 heterocycles. The number of nitrogens with zero attached hydrogens (tertiary/aromatic N) is 4. The number of methoxy groups -OCH3 is 1. The molecular formula is C15H24N6OS. The quantitative estimate of drug-likeness (QED) is 0.410. The van der Waals surface area contributed by atoms with E-state index < -0.39 is 0 Å². The predicted octanol–water partition coefficient (Wildman–Crippen LogP) is 1.28. The Bertz CT molecular complexity index is 581. The molecule has 23 heavy (non-hydrogen) atoms. The van der Waals surface area contributed by atoms with E-state index >= 15 is 0 Å². The molecule has 126 valence electrons. The van der Waals surface area contributed by atoms with Gasteiger partial charge in [-0.1, -0.05) is 13.0 Å². The Morgan fingerprint density at radius 3 is 3.00 bits per heavy atom. The van der Waals surface area contributed by atoms with Gasteiger partial charge in [0.2, 0.25) is 0 Å². The molecule has 0 amide bonds. The minimum atomic E-state index is 0.644. The van der Waals surface area contributed by atoms with E-state index in [2.05, 4.69) is 48.8 Å².